The SMILES string of the molecule is COc1cc(NC(=O)c2ccc3[nH]c4c(c3c2)C2(CCC2)CNC4=O)cc(OC)c1OC. The standard InChI is InChI=1S/C24H25N3O5/c1-30-17-10-14(11-18(31-2)21(17)32-3)26-22(28)13-5-6-16-15(9-13)19-20(27-16)23(29)25-12-24(19)7-4-8-24/h5-6,9-11,27H,4,7-8,12H2,1-3H3,(H,25,29)(H,26,28). The molecule has 2 aromatic carbocycles. The van der Waals surface area contributed by atoms with Crippen molar-refractivity contribution in [3.8, 4) is 17.2 Å². The van der Waals surface area contributed by atoms with Crippen LogP contribution in [0.1, 0.15) is 45.7 Å². The van der Waals surface area contributed by atoms with E-state index >= 15 is 0 Å². The van der Waals surface area contributed by atoms with Crippen molar-refractivity contribution in [2.24, 2.45) is 0 Å². The van der Waals surface area contributed by atoms with Crippen molar-refractivity contribution >= 4 is 28.4 Å². The van der Waals surface area contributed by atoms with Crippen molar-refractivity contribution in [3.63, 3.8) is 0 Å². The van der Waals surface area contributed by atoms with Crippen LogP contribution in [0.5, 0.6) is 17.2 Å². The molecule has 5 rings (SSSR count). The van der Waals surface area contributed by atoms with Gasteiger partial charge in [-0.25, -0.2) is 0 Å². The zero-order chi connectivity index (χ0) is 22.5. The lowest BCUT2D eigenvalue weighted by Crippen LogP contribution is -2.50. The molecule has 1 aliphatic heterocycles. The first-order valence-corrected chi connectivity index (χ1v) is 10.6. The van der Waals surface area contributed by atoms with Crippen LogP contribution in [0, 0.1) is 0 Å². The number of methoxy groups -OCH3 is 3. The topological polar surface area (TPSA) is 102 Å². The van der Waals surface area contributed by atoms with Gasteiger partial charge >= 0.3 is 0 Å². The van der Waals surface area contributed by atoms with Gasteiger partial charge in [-0.1, -0.05) is 6.42 Å². The van der Waals surface area contributed by atoms with Crippen molar-refractivity contribution in [1.82, 2.24) is 10.3 Å². The Labute approximate surface area is 185 Å². The number of fused-ring (bicyclic) bond motifs is 4. The third kappa shape index (κ3) is 2.97. The second kappa shape index (κ2) is 7.47. The first-order valence-electron chi connectivity index (χ1n) is 10.6. The van der Waals surface area contributed by atoms with Gasteiger partial charge in [-0.15, -0.1) is 0 Å². The molecule has 166 valence electrons. The summed E-state index contributed by atoms with van der Waals surface area (Å²) < 4.78 is 16.1. The van der Waals surface area contributed by atoms with Crippen LogP contribution in [0.3, 0.4) is 0 Å². The van der Waals surface area contributed by atoms with Crippen molar-refractivity contribution < 1.29 is 23.8 Å². The van der Waals surface area contributed by atoms with Crippen LogP contribution in [0.25, 0.3) is 10.9 Å². The number of hydrogen-bond donors (Lipinski definition) is 3. The lowest BCUT2D eigenvalue weighted by molar-refractivity contribution is 0.0892. The van der Waals surface area contributed by atoms with E-state index in [1.165, 1.54) is 21.3 Å². The molecule has 0 saturated heterocycles. The molecular formula is C24H25N3O5. The van der Waals surface area contributed by atoms with E-state index in [0.717, 1.165) is 35.7 Å². The highest BCUT2D eigenvalue weighted by molar-refractivity contribution is 6.09. The molecule has 1 fully saturated rings. The summed E-state index contributed by atoms with van der Waals surface area (Å²) in [5.41, 5.74) is 3.53. The van der Waals surface area contributed by atoms with Gasteiger partial charge in [0.25, 0.3) is 11.8 Å². The van der Waals surface area contributed by atoms with Gasteiger partial charge in [-0.2, -0.15) is 0 Å². The van der Waals surface area contributed by atoms with Crippen molar-refractivity contribution in [3.05, 3.63) is 47.2 Å². The van der Waals surface area contributed by atoms with Crippen LogP contribution in [-0.2, 0) is 5.41 Å². The molecule has 1 saturated carbocycles. The molecule has 32 heavy (non-hydrogen) atoms. The van der Waals surface area contributed by atoms with Gasteiger partial charge in [-0.05, 0) is 36.6 Å². The molecule has 2 aliphatic rings. The van der Waals surface area contributed by atoms with E-state index in [1.54, 1.807) is 18.2 Å². The van der Waals surface area contributed by atoms with E-state index in [-0.39, 0.29) is 17.2 Å². The molecule has 0 radical (unpaired) electrons. The molecule has 0 unspecified atom stereocenters. The summed E-state index contributed by atoms with van der Waals surface area (Å²) >= 11 is 0. The van der Waals surface area contributed by atoms with Crippen molar-refractivity contribution in [1.29, 1.82) is 0 Å². The summed E-state index contributed by atoms with van der Waals surface area (Å²) in [7, 11) is 4.58. The Kier molecular flexibility index (Phi) is 4.73. The Morgan fingerprint density at radius 1 is 1.03 bits per heavy atom. The van der Waals surface area contributed by atoms with Crippen LogP contribution in [0.2, 0.25) is 0 Å². The fourth-order valence-corrected chi connectivity index (χ4v) is 4.87. The number of nitrogens with one attached hydrogen (secondary N) is 3. The second-order valence-electron chi connectivity index (χ2n) is 8.32. The van der Waals surface area contributed by atoms with Gasteiger partial charge < -0.3 is 29.8 Å². The fraction of sp³-hybridized carbons (Fsp3) is 0.333. The van der Waals surface area contributed by atoms with Crippen LogP contribution >= 0.6 is 0 Å². The average molecular weight is 435 g/mol. The zero-order valence-electron chi connectivity index (χ0n) is 18.3. The number of amides is 2. The van der Waals surface area contributed by atoms with Crippen molar-refractivity contribution in [2.75, 3.05) is 33.2 Å². The molecule has 3 aromatic rings. The molecule has 2 amide bonds. The van der Waals surface area contributed by atoms with E-state index < -0.39 is 0 Å². The molecule has 1 aromatic heterocycles. The maximum absolute atomic E-state index is 13.1. The maximum Gasteiger partial charge on any atom is 0.268 e. The number of ether oxygens (including phenoxy) is 3. The highest BCUT2D eigenvalue weighted by Gasteiger charge is 2.46. The Morgan fingerprint density at radius 2 is 1.75 bits per heavy atom. The number of anilines is 1. The third-order valence-corrected chi connectivity index (χ3v) is 6.64. The molecule has 1 spiro atoms. The molecular weight excluding hydrogens is 410 g/mol. The molecule has 1 aliphatic carbocycles. The van der Waals surface area contributed by atoms with Gasteiger partial charge in [0.2, 0.25) is 5.75 Å². The lowest BCUT2D eigenvalue weighted by atomic mass is 9.62. The Hall–Kier alpha value is -3.68. The normalized spacial score (nSPS) is 16.2. The number of carbonyl (C=O) groups is 2. The quantitative estimate of drug-likeness (QED) is 0.568. The summed E-state index contributed by atoms with van der Waals surface area (Å²) in [5, 5.41) is 6.86. The fourth-order valence-electron chi connectivity index (χ4n) is 4.87. The number of H-pyrrole nitrogens is 1. The Balaban J connectivity index is 1.51. The van der Waals surface area contributed by atoms with E-state index in [4.69, 9.17) is 14.2 Å². The van der Waals surface area contributed by atoms with E-state index in [0.29, 0.717) is 40.7 Å². The average Bonchev–Trinajstić information content (AvgIpc) is 3.17. The number of aromatic amines is 1. The summed E-state index contributed by atoms with van der Waals surface area (Å²) in [5.74, 6) is 1.01. The van der Waals surface area contributed by atoms with Gasteiger partial charge in [0.05, 0.1) is 21.3 Å². The Morgan fingerprint density at radius 3 is 2.34 bits per heavy atom. The molecule has 0 atom stereocenters. The number of carbonyl (C=O) groups excluding carboxylic acids is 2. The molecule has 0 bridgehead atoms. The van der Waals surface area contributed by atoms with Gasteiger partial charge in [0.15, 0.2) is 11.5 Å². The monoisotopic (exact) mass is 435 g/mol. The third-order valence-electron chi connectivity index (χ3n) is 6.64. The predicted molar refractivity (Wildman–Crippen MR) is 120 cm³/mol. The van der Waals surface area contributed by atoms with Gasteiger partial charge in [0, 0.05) is 46.2 Å². The van der Waals surface area contributed by atoms with Gasteiger partial charge in [0.1, 0.15) is 5.69 Å². The van der Waals surface area contributed by atoms with Gasteiger partial charge in [-0.3, -0.25) is 9.59 Å². The number of benzene rings is 2. The lowest BCUT2D eigenvalue weighted by Gasteiger charge is -2.45. The second-order valence-corrected chi connectivity index (χ2v) is 8.32. The number of hydrogen-bond acceptors (Lipinski definition) is 5. The van der Waals surface area contributed by atoms with Crippen LogP contribution in [0.15, 0.2) is 30.3 Å². The molecule has 3 N–H and O–H groups in total. The van der Waals surface area contributed by atoms with Crippen LogP contribution in [0.4, 0.5) is 5.69 Å². The summed E-state index contributed by atoms with van der Waals surface area (Å²) in [4.78, 5) is 28.8. The maximum atomic E-state index is 13.1. The van der Waals surface area contributed by atoms with Crippen LogP contribution in [-0.4, -0.2) is 44.7 Å². The van der Waals surface area contributed by atoms with Crippen molar-refractivity contribution in [2.45, 2.75) is 24.7 Å². The molecule has 8 nitrogen and oxygen atoms in total. The highest BCUT2D eigenvalue weighted by atomic mass is 16.5. The predicted octanol–water partition coefficient (Wildman–Crippen LogP) is 3.61. The van der Waals surface area contributed by atoms with E-state index in [9.17, 15) is 9.59 Å². The first-order chi connectivity index (χ1) is 15.5. The minimum absolute atomic E-state index is 0.0344. The Bertz CT molecular complexity index is 1220. The number of rotatable bonds is 5. The number of aromatic nitrogens is 1. The first kappa shape index (κ1) is 20.2. The van der Waals surface area contributed by atoms with Crippen LogP contribution < -0.4 is 24.8 Å². The summed E-state index contributed by atoms with van der Waals surface area (Å²) in [6, 6.07) is 8.85. The van der Waals surface area contributed by atoms with E-state index in [1.807, 2.05) is 12.1 Å². The van der Waals surface area contributed by atoms with E-state index in [2.05, 4.69) is 15.6 Å². The highest BCUT2D eigenvalue weighted by Crippen LogP contribution is 2.49. The largest absolute Gasteiger partial charge is 0.493 e. The zero-order valence-corrected chi connectivity index (χ0v) is 18.3. The summed E-state index contributed by atoms with van der Waals surface area (Å²) in [6.07, 6.45) is 3.22. The minimum atomic E-state index is -0.265. The molecule has 8 heteroatoms. The smallest absolute Gasteiger partial charge is 0.268 e. The summed E-state index contributed by atoms with van der Waals surface area (Å²) in [6.45, 7) is 0.646. The molecule has 2 heterocycles. The minimum Gasteiger partial charge on any atom is -0.493 e.